The second-order valence-electron chi connectivity index (χ2n) is 5.43. The van der Waals surface area contributed by atoms with E-state index in [9.17, 15) is 4.39 Å². The lowest BCUT2D eigenvalue weighted by Crippen LogP contribution is -2.51. The van der Waals surface area contributed by atoms with Gasteiger partial charge in [-0.1, -0.05) is 0 Å². The fourth-order valence-corrected chi connectivity index (χ4v) is 3.10. The number of nitrogens with two attached hydrogens (primary N) is 1. The Labute approximate surface area is 103 Å². The Hall–Kier alpha value is -1.69. The zero-order valence-electron chi connectivity index (χ0n) is 9.77. The number of nitrogen functional groups attached to an aromatic ring is 1. The van der Waals surface area contributed by atoms with Crippen LogP contribution in [-0.2, 0) is 4.74 Å². The Morgan fingerprint density at radius 2 is 2.22 bits per heavy atom. The molecule has 2 aromatic heterocycles. The Bertz CT molecular complexity index is 626. The van der Waals surface area contributed by atoms with E-state index in [0.717, 1.165) is 31.7 Å². The molecule has 2 N–H and O–H groups in total. The third-order valence-corrected chi connectivity index (χ3v) is 4.11. The van der Waals surface area contributed by atoms with E-state index in [0.29, 0.717) is 16.8 Å². The summed E-state index contributed by atoms with van der Waals surface area (Å²) in [6.07, 6.45) is 3.52. The van der Waals surface area contributed by atoms with Crippen LogP contribution >= 0.6 is 0 Å². The molecule has 2 fully saturated rings. The van der Waals surface area contributed by atoms with Crippen LogP contribution in [0, 0.1) is 11.2 Å². The molecule has 6 heteroatoms. The van der Waals surface area contributed by atoms with Crippen molar-refractivity contribution in [1.29, 1.82) is 0 Å². The van der Waals surface area contributed by atoms with Crippen molar-refractivity contribution >= 4 is 11.5 Å². The van der Waals surface area contributed by atoms with Gasteiger partial charge in [-0.05, 0) is 18.9 Å². The summed E-state index contributed by atoms with van der Waals surface area (Å²) in [4.78, 5) is 3.83. The summed E-state index contributed by atoms with van der Waals surface area (Å²) < 4.78 is 20.6. The summed E-state index contributed by atoms with van der Waals surface area (Å²) in [6.45, 7) is 1.68. The molecule has 2 aliphatic rings. The minimum absolute atomic E-state index is 0.167. The summed E-state index contributed by atoms with van der Waals surface area (Å²) >= 11 is 0. The molecule has 0 unspecified atom stereocenters. The highest BCUT2D eigenvalue weighted by Crippen LogP contribution is 2.55. The second-order valence-corrected chi connectivity index (χ2v) is 5.43. The van der Waals surface area contributed by atoms with E-state index in [-0.39, 0.29) is 11.8 Å². The van der Waals surface area contributed by atoms with E-state index >= 15 is 0 Å². The number of rotatable bonds is 1. The van der Waals surface area contributed by atoms with Crippen molar-refractivity contribution in [1.82, 2.24) is 14.6 Å². The fraction of sp³-hybridized carbons (Fsp3) is 0.500. The number of aromatic nitrogens is 3. The quantitative estimate of drug-likeness (QED) is 0.827. The Kier molecular flexibility index (Phi) is 1.82. The maximum absolute atomic E-state index is 13.8. The molecule has 1 saturated heterocycles. The Morgan fingerprint density at radius 3 is 2.89 bits per heavy atom. The molecule has 0 atom stereocenters. The van der Waals surface area contributed by atoms with Gasteiger partial charge in [0.15, 0.2) is 5.82 Å². The van der Waals surface area contributed by atoms with Gasteiger partial charge in [-0.15, -0.1) is 5.10 Å². The summed E-state index contributed by atoms with van der Waals surface area (Å²) in [6, 6.07) is 1.56. The van der Waals surface area contributed by atoms with Crippen LogP contribution in [-0.4, -0.2) is 27.8 Å². The standard InChI is InChI=1S/C12H13FN4O/c13-8-1-9(7-2-12(3-7)5-18-6-12)17-10(8)4-15-11(14)16-17/h1,4,7H,2-3,5-6H2,(H2,14,16). The monoisotopic (exact) mass is 248 g/mol. The van der Waals surface area contributed by atoms with Crippen LogP contribution in [0.1, 0.15) is 24.5 Å². The second kappa shape index (κ2) is 3.20. The van der Waals surface area contributed by atoms with Gasteiger partial charge in [-0.25, -0.2) is 13.9 Å². The molecule has 0 radical (unpaired) electrons. The molecular weight excluding hydrogens is 235 g/mol. The van der Waals surface area contributed by atoms with E-state index in [1.54, 1.807) is 10.6 Å². The van der Waals surface area contributed by atoms with E-state index in [2.05, 4.69) is 10.1 Å². The largest absolute Gasteiger partial charge is 0.380 e. The van der Waals surface area contributed by atoms with Gasteiger partial charge in [0.1, 0.15) is 5.52 Å². The van der Waals surface area contributed by atoms with Crippen LogP contribution in [0.25, 0.3) is 5.52 Å². The zero-order chi connectivity index (χ0) is 12.3. The van der Waals surface area contributed by atoms with Gasteiger partial charge in [0.25, 0.3) is 0 Å². The third-order valence-electron chi connectivity index (χ3n) is 4.11. The van der Waals surface area contributed by atoms with Crippen LogP contribution in [0.2, 0.25) is 0 Å². The van der Waals surface area contributed by atoms with Gasteiger partial charge < -0.3 is 10.5 Å². The van der Waals surface area contributed by atoms with Gasteiger partial charge in [0.2, 0.25) is 5.95 Å². The highest BCUT2D eigenvalue weighted by Gasteiger charge is 2.51. The molecule has 1 spiro atoms. The predicted molar refractivity (Wildman–Crippen MR) is 62.6 cm³/mol. The van der Waals surface area contributed by atoms with Gasteiger partial charge in [0.05, 0.1) is 19.4 Å². The number of fused-ring (bicyclic) bond motifs is 1. The van der Waals surface area contributed by atoms with Crippen LogP contribution in [0.4, 0.5) is 10.3 Å². The topological polar surface area (TPSA) is 65.4 Å². The lowest BCUT2D eigenvalue weighted by atomic mass is 9.60. The fourth-order valence-electron chi connectivity index (χ4n) is 3.10. The highest BCUT2D eigenvalue weighted by molar-refractivity contribution is 5.50. The molecule has 3 heterocycles. The Morgan fingerprint density at radius 1 is 1.44 bits per heavy atom. The van der Waals surface area contributed by atoms with E-state index in [1.165, 1.54) is 6.20 Å². The maximum Gasteiger partial charge on any atom is 0.238 e. The van der Waals surface area contributed by atoms with Crippen LogP contribution in [0.5, 0.6) is 0 Å². The van der Waals surface area contributed by atoms with Crippen LogP contribution < -0.4 is 5.73 Å². The molecule has 0 bridgehead atoms. The van der Waals surface area contributed by atoms with E-state index < -0.39 is 0 Å². The first kappa shape index (κ1) is 10.3. The van der Waals surface area contributed by atoms with Gasteiger partial charge in [-0.3, -0.25) is 0 Å². The maximum atomic E-state index is 13.8. The smallest absolute Gasteiger partial charge is 0.238 e. The van der Waals surface area contributed by atoms with Gasteiger partial charge in [-0.2, -0.15) is 0 Å². The van der Waals surface area contributed by atoms with Crippen LogP contribution in [0.3, 0.4) is 0 Å². The number of nitrogens with zero attached hydrogens (tertiary/aromatic N) is 3. The number of hydrogen-bond donors (Lipinski definition) is 1. The molecular formula is C12H13FN4O. The number of anilines is 1. The average Bonchev–Trinajstić information content (AvgIpc) is 2.52. The number of hydrogen-bond acceptors (Lipinski definition) is 4. The van der Waals surface area contributed by atoms with Crippen molar-refractivity contribution in [3.63, 3.8) is 0 Å². The van der Waals surface area contributed by atoms with Crippen LogP contribution in [0.15, 0.2) is 12.3 Å². The highest BCUT2D eigenvalue weighted by atomic mass is 19.1. The normalized spacial score (nSPS) is 22.1. The zero-order valence-corrected chi connectivity index (χ0v) is 9.77. The molecule has 0 amide bonds. The molecule has 2 aromatic rings. The average molecular weight is 248 g/mol. The SMILES string of the molecule is Nc1ncc2c(F)cc(C3CC4(COC4)C3)n2n1. The molecule has 0 aromatic carbocycles. The van der Waals surface area contributed by atoms with Crippen molar-refractivity contribution in [2.75, 3.05) is 18.9 Å². The van der Waals surface area contributed by atoms with Crippen molar-refractivity contribution in [3.8, 4) is 0 Å². The lowest BCUT2D eigenvalue weighted by molar-refractivity contribution is -0.165. The molecule has 1 aliphatic heterocycles. The summed E-state index contributed by atoms with van der Waals surface area (Å²) in [7, 11) is 0. The summed E-state index contributed by atoms with van der Waals surface area (Å²) in [5.74, 6) is 0.233. The molecule has 18 heavy (non-hydrogen) atoms. The predicted octanol–water partition coefficient (Wildman–Crippen LogP) is 1.34. The molecule has 1 aliphatic carbocycles. The number of ether oxygens (including phenoxy) is 1. The first-order valence-corrected chi connectivity index (χ1v) is 6.04. The first-order chi connectivity index (χ1) is 8.67. The van der Waals surface area contributed by atoms with Crippen molar-refractivity contribution in [3.05, 3.63) is 23.8 Å². The van der Waals surface area contributed by atoms with E-state index in [4.69, 9.17) is 10.5 Å². The van der Waals surface area contributed by atoms with Crippen molar-refractivity contribution < 1.29 is 9.13 Å². The lowest BCUT2D eigenvalue weighted by Gasteiger charge is -2.53. The minimum Gasteiger partial charge on any atom is -0.380 e. The number of halogens is 1. The molecule has 94 valence electrons. The molecule has 4 rings (SSSR count). The van der Waals surface area contributed by atoms with Crippen molar-refractivity contribution in [2.45, 2.75) is 18.8 Å². The third kappa shape index (κ3) is 1.23. The summed E-state index contributed by atoms with van der Waals surface area (Å²) in [5.41, 5.74) is 7.21. The van der Waals surface area contributed by atoms with Crippen molar-refractivity contribution in [2.24, 2.45) is 5.41 Å². The first-order valence-electron chi connectivity index (χ1n) is 6.04. The Balaban J connectivity index is 1.74. The van der Waals surface area contributed by atoms with Gasteiger partial charge in [0, 0.05) is 17.0 Å². The van der Waals surface area contributed by atoms with E-state index in [1.807, 2.05) is 0 Å². The summed E-state index contributed by atoms with van der Waals surface area (Å²) in [5, 5.41) is 4.10. The van der Waals surface area contributed by atoms with Gasteiger partial charge >= 0.3 is 0 Å². The minimum atomic E-state index is -0.282. The molecule has 5 nitrogen and oxygen atoms in total. The molecule has 1 saturated carbocycles.